The van der Waals surface area contributed by atoms with Gasteiger partial charge in [0.25, 0.3) is 6.47 Å². The molecule has 0 radical (unpaired) electrons. The maximum atomic E-state index is 13.3. The van der Waals surface area contributed by atoms with Gasteiger partial charge in [0.1, 0.15) is 0 Å². The Hall–Kier alpha value is -3.04. The van der Waals surface area contributed by atoms with Crippen molar-refractivity contribution in [2.45, 2.75) is 25.3 Å². The van der Waals surface area contributed by atoms with Crippen LogP contribution >= 0.6 is 11.3 Å². The van der Waals surface area contributed by atoms with Gasteiger partial charge in [-0.2, -0.15) is 0 Å². The smallest absolute Gasteiger partial charge is 0.290 e. The molecule has 32 heavy (non-hydrogen) atoms. The van der Waals surface area contributed by atoms with Crippen molar-refractivity contribution < 1.29 is 19.5 Å². The van der Waals surface area contributed by atoms with Crippen molar-refractivity contribution in [3.8, 4) is 0 Å². The zero-order valence-electron chi connectivity index (χ0n) is 18.0. The Morgan fingerprint density at radius 2 is 2.03 bits per heavy atom. The summed E-state index contributed by atoms with van der Waals surface area (Å²) in [4.78, 5) is 43.8. The second-order valence-corrected chi connectivity index (χ2v) is 8.90. The molecule has 2 N–H and O–H groups in total. The molecule has 2 aromatic rings. The van der Waals surface area contributed by atoms with Gasteiger partial charge in [-0.05, 0) is 62.5 Å². The van der Waals surface area contributed by atoms with Gasteiger partial charge in [-0.25, -0.2) is 0 Å². The molecule has 0 aromatic carbocycles. The summed E-state index contributed by atoms with van der Waals surface area (Å²) in [5, 5.41) is 12.0. The number of amides is 2. The van der Waals surface area contributed by atoms with Crippen molar-refractivity contribution in [1.82, 2.24) is 14.8 Å². The molecular formula is C23H28N4O4S. The van der Waals surface area contributed by atoms with Crippen LogP contribution in [0.15, 0.2) is 48.1 Å². The Morgan fingerprint density at radius 3 is 2.72 bits per heavy atom. The number of nitrogens with one attached hydrogen (secondary N) is 1. The first-order valence-electron chi connectivity index (χ1n) is 10.5. The van der Waals surface area contributed by atoms with Crippen LogP contribution in [0, 0.1) is 5.41 Å². The molecular weight excluding hydrogens is 428 g/mol. The van der Waals surface area contributed by atoms with E-state index in [0.29, 0.717) is 19.5 Å². The lowest BCUT2D eigenvalue weighted by atomic mass is 9.75. The van der Waals surface area contributed by atoms with Gasteiger partial charge in [0.05, 0.1) is 17.3 Å². The van der Waals surface area contributed by atoms with Gasteiger partial charge in [0.2, 0.25) is 11.8 Å². The lowest BCUT2D eigenvalue weighted by Gasteiger charge is -2.34. The van der Waals surface area contributed by atoms with Crippen LogP contribution < -0.4 is 5.32 Å². The minimum absolute atomic E-state index is 0.0174. The van der Waals surface area contributed by atoms with Crippen LogP contribution in [0.2, 0.25) is 0 Å². The molecule has 2 aliphatic heterocycles. The van der Waals surface area contributed by atoms with E-state index in [4.69, 9.17) is 9.90 Å². The van der Waals surface area contributed by atoms with E-state index in [1.54, 1.807) is 29.8 Å². The molecule has 4 rings (SSSR count). The Morgan fingerprint density at radius 1 is 1.25 bits per heavy atom. The summed E-state index contributed by atoms with van der Waals surface area (Å²) < 4.78 is 0. The van der Waals surface area contributed by atoms with Gasteiger partial charge in [0, 0.05) is 36.3 Å². The first-order chi connectivity index (χ1) is 15.5. The van der Waals surface area contributed by atoms with Crippen LogP contribution in [0.5, 0.6) is 0 Å². The molecule has 0 unspecified atom stereocenters. The third-order valence-corrected chi connectivity index (χ3v) is 7.04. The summed E-state index contributed by atoms with van der Waals surface area (Å²) in [5.41, 5.74) is 0.244. The highest BCUT2D eigenvalue weighted by Gasteiger charge is 2.52. The van der Waals surface area contributed by atoms with Crippen molar-refractivity contribution in [2.24, 2.45) is 5.41 Å². The molecule has 170 valence electrons. The lowest BCUT2D eigenvalue weighted by molar-refractivity contribution is -0.128. The predicted molar refractivity (Wildman–Crippen MR) is 124 cm³/mol. The average molecular weight is 457 g/mol. The van der Waals surface area contributed by atoms with Crippen molar-refractivity contribution >= 4 is 41.4 Å². The fraction of sp³-hybridized carbons (Fsp3) is 0.391. The fourth-order valence-electron chi connectivity index (χ4n) is 4.57. The van der Waals surface area contributed by atoms with Crippen LogP contribution in [0.25, 0.3) is 6.08 Å². The number of carbonyl (C=O) groups is 3. The average Bonchev–Trinajstić information content (AvgIpc) is 3.37. The van der Waals surface area contributed by atoms with Gasteiger partial charge < -0.3 is 20.2 Å². The predicted octanol–water partition coefficient (Wildman–Crippen LogP) is 2.81. The molecule has 9 heteroatoms. The van der Waals surface area contributed by atoms with Gasteiger partial charge >= 0.3 is 0 Å². The van der Waals surface area contributed by atoms with E-state index < -0.39 is 5.41 Å². The number of carboxylic acid groups (broad SMARTS) is 1. The molecule has 0 bridgehead atoms. The number of aromatic nitrogens is 1. The molecule has 4 heterocycles. The molecule has 2 amide bonds. The monoisotopic (exact) mass is 456 g/mol. The van der Waals surface area contributed by atoms with E-state index in [2.05, 4.69) is 22.2 Å². The lowest BCUT2D eigenvalue weighted by Crippen LogP contribution is -2.46. The highest BCUT2D eigenvalue weighted by atomic mass is 32.1. The quantitative estimate of drug-likeness (QED) is 0.542. The summed E-state index contributed by atoms with van der Waals surface area (Å²) in [5.74, 6) is 0.0621. The summed E-state index contributed by atoms with van der Waals surface area (Å²) in [6, 6.07) is 7.78. The van der Waals surface area contributed by atoms with Gasteiger partial charge in [-0.1, -0.05) is 6.07 Å². The number of nitrogens with zero attached hydrogens (tertiary/aromatic N) is 3. The van der Waals surface area contributed by atoms with E-state index in [1.807, 2.05) is 40.6 Å². The highest BCUT2D eigenvalue weighted by molar-refractivity contribution is 7.10. The third-order valence-electron chi connectivity index (χ3n) is 6.20. The Kier molecular flexibility index (Phi) is 8.13. The number of rotatable bonds is 4. The van der Waals surface area contributed by atoms with Crippen LogP contribution in [-0.4, -0.2) is 70.9 Å². The Bertz CT molecular complexity index is 935. The van der Waals surface area contributed by atoms with Crippen molar-refractivity contribution in [3.63, 3.8) is 0 Å². The summed E-state index contributed by atoms with van der Waals surface area (Å²) >= 11 is 1.61. The molecule has 2 aromatic heterocycles. The number of anilines is 1. The molecule has 0 aliphatic carbocycles. The van der Waals surface area contributed by atoms with Crippen molar-refractivity contribution in [2.75, 3.05) is 32.0 Å². The molecule has 2 saturated heterocycles. The van der Waals surface area contributed by atoms with Gasteiger partial charge in [-0.3, -0.25) is 19.4 Å². The van der Waals surface area contributed by atoms with E-state index in [0.717, 1.165) is 30.0 Å². The Balaban J connectivity index is 0.000000913. The van der Waals surface area contributed by atoms with E-state index in [9.17, 15) is 9.59 Å². The Labute approximate surface area is 191 Å². The van der Waals surface area contributed by atoms with Crippen LogP contribution in [-0.2, 0) is 14.4 Å². The summed E-state index contributed by atoms with van der Waals surface area (Å²) in [7, 11) is 2.08. The number of carbonyl (C=O) groups excluding carboxylic acids is 2. The number of hydrogen-bond donors (Lipinski definition) is 2. The maximum Gasteiger partial charge on any atom is 0.290 e. The minimum Gasteiger partial charge on any atom is -0.483 e. The largest absolute Gasteiger partial charge is 0.483 e. The molecule has 8 nitrogen and oxygen atoms in total. The molecule has 2 fully saturated rings. The van der Waals surface area contributed by atoms with E-state index >= 15 is 0 Å². The topological polar surface area (TPSA) is 103 Å². The SMILES string of the molecule is CN1CC[C@@]2(C(=O)Nc3cccnc3)CCN(C(=O)/C=C/c3cccs3)CC[C@@H]12.O=CO. The third kappa shape index (κ3) is 5.41. The van der Waals surface area contributed by atoms with E-state index in [-0.39, 0.29) is 24.3 Å². The van der Waals surface area contributed by atoms with Gasteiger partial charge in [-0.15, -0.1) is 11.3 Å². The van der Waals surface area contributed by atoms with Crippen LogP contribution in [0.1, 0.15) is 24.1 Å². The molecule has 2 aliphatic rings. The number of thiophene rings is 1. The van der Waals surface area contributed by atoms with Crippen molar-refractivity contribution in [1.29, 1.82) is 0 Å². The fourth-order valence-corrected chi connectivity index (χ4v) is 5.19. The van der Waals surface area contributed by atoms with Crippen LogP contribution in [0.4, 0.5) is 5.69 Å². The molecule has 0 saturated carbocycles. The molecule has 0 spiro atoms. The summed E-state index contributed by atoms with van der Waals surface area (Å²) in [6.45, 7) is 1.92. The highest BCUT2D eigenvalue weighted by Crippen LogP contribution is 2.44. The normalized spacial score (nSPS) is 23.0. The standard InChI is InChI=1S/C22H26N4O2S.CH2O2/c1-25-13-9-22(21(28)24-17-4-2-11-23-16-17)10-14-26(12-8-19(22)25)20(27)7-6-18-5-3-15-29-18;2-1-3/h2-7,11,15-16,19H,8-10,12-14H2,1H3,(H,24,28);1H,(H,2,3)/b7-6+;/t19-,22-;/m1./s1. The van der Waals surface area contributed by atoms with E-state index in [1.165, 1.54) is 0 Å². The number of likely N-dealkylation sites (tertiary alicyclic amines) is 2. The summed E-state index contributed by atoms with van der Waals surface area (Å²) in [6.07, 6.45) is 9.17. The number of hydrogen-bond acceptors (Lipinski definition) is 6. The van der Waals surface area contributed by atoms with Crippen molar-refractivity contribution in [3.05, 3.63) is 53.0 Å². The first kappa shape index (κ1) is 23.6. The second kappa shape index (κ2) is 11.0. The van der Waals surface area contributed by atoms with Crippen LogP contribution in [0.3, 0.4) is 0 Å². The second-order valence-electron chi connectivity index (χ2n) is 7.92. The minimum atomic E-state index is -0.475. The number of pyridine rings is 1. The number of fused-ring (bicyclic) bond motifs is 1. The van der Waals surface area contributed by atoms with Gasteiger partial charge in [0.15, 0.2) is 0 Å². The first-order valence-corrected chi connectivity index (χ1v) is 11.4. The molecule has 2 atom stereocenters. The maximum absolute atomic E-state index is 13.3. The zero-order chi connectivity index (χ0) is 23.0. The zero-order valence-corrected chi connectivity index (χ0v) is 18.8.